The fourth-order valence-electron chi connectivity index (χ4n) is 3.17. The van der Waals surface area contributed by atoms with Crippen LogP contribution in [0.3, 0.4) is 0 Å². The maximum Gasteiger partial charge on any atom is 0.343 e. The first kappa shape index (κ1) is 25.5. The van der Waals surface area contributed by atoms with Crippen LogP contribution in [-0.2, 0) is 20.9 Å². The standard InChI is InChI=1S/C28H28O7/c1-4-27(29)34-19-33-24-12-7-20(8-13-24)21-9-14-25(15-10-21)35-28(30)22-11-16-26(32-6-3)23(17-22)18-31-5-2/h4,7-17H,1,5-6,18-19H2,2-3H3. The van der Waals surface area contributed by atoms with Crippen molar-refractivity contribution in [2.24, 2.45) is 0 Å². The van der Waals surface area contributed by atoms with Crippen LogP contribution in [0.1, 0.15) is 29.8 Å². The summed E-state index contributed by atoms with van der Waals surface area (Å²) in [5.41, 5.74) is 3.10. The zero-order chi connectivity index (χ0) is 25.0. The van der Waals surface area contributed by atoms with Gasteiger partial charge in [0.05, 0.1) is 18.8 Å². The fourth-order valence-corrected chi connectivity index (χ4v) is 3.17. The molecule has 3 aromatic carbocycles. The molecule has 0 radical (unpaired) electrons. The summed E-state index contributed by atoms with van der Waals surface area (Å²) in [6.07, 6.45) is 1.07. The summed E-state index contributed by atoms with van der Waals surface area (Å²) < 4.78 is 26.8. The van der Waals surface area contributed by atoms with Crippen molar-refractivity contribution in [1.29, 1.82) is 0 Å². The molecule has 0 amide bonds. The quantitative estimate of drug-likeness (QED) is 0.146. The second-order valence-electron chi connectivity index (χ2n) is 7.26. The Morgan fingerprint density at radius 3 is 2.09 bits per heavy atom. The number of hydrogen-bond acceptors (Lipinski definition) is 7. The van der Waals surface area contributed by atoms with E-state index in [1.54, 1.807) is 42.5 Å². The molecule has 0 aliphatic rings. The number of carbonyl (C=O) groups excluding carboxylic acids is 2. The van der Waals surface area contributed by atoms with E-state index in [0.717, 1.165) is 22.8 Å². The first-order valence-electron chi connectivity index (χ1n) is 11.2. The van der Waals surface area contributed by atoms with E-state index >= 15 is 0 Å². The lowest BCUT2D eigenvalue weighted by molar-refractivity contribution is -0.144. The molecule has 0 heterocycles. The van der Waals surface area contributed by atoms with E-state index < -0.39 is 11.9 Å². The Kier molecular flexibility index (Phi) is 9.45. The highest BCUT2D eigenvalue weighted by atomic mass is 16.7. The van der Waals surface area contributed by atoms with Crippen LogP contribution in [0.25, 0.3) is 11.1 Å². The largest absolute Gasteiger partial charge is 0.494 e. The van der Waals surface area contributed by atoms with E-state index in [9.17, 15) is 9.59 Å². The van der Waals surface area contributed by atoms with Crippen molar-refractivity contribution < 1.29 is 33.3 Å². The molecule has 0 aromatic heterocycles. The first-order valence-corrected chi connectivity index (χ1v) is 11.2. The number of carbonyl (C=O) groups is 2. The van der Waals surface area contributed by atoms with Crippen molar-refractivity contribution >= 4 is 11.9 Å². The summed E-state index contributed by atoms with van der Waals surface area (Å²) in [5.74, 6) is 0.683. The fraction of sp³-hybridized carbons (Fsp3) is 0.214. The van der Waals surface area contributed by atoms with Gasteiger partial charge in [0.25, 0.3) is 0 Å². The summed E-state index contributed by atoms with van der Waals surface area (Å²) in [6, 6.07) is 19.7. The van der Waals surface area contributed by atoms with Gasteiger partial charge in [-0.2, -0.15) is 0 Å². The van der Waals surface area contributed by atoms with E-state index in [0.29, 0.717) is 42.6 Å². The zero-order valence-corrected chi connectivity index (χ0v) is 19.8. The molecule has 7 heteroatoms. The summed E-state index contributed by atoms with van der Waals surface area (Å²) in [7, 11) is 0. The minimum Gasteiger partial charge on any atom is -0.494 e. The minimum absolute atomic E-state index is 0.189. The predicted octanol–water partition coefficient (Wildman–Crippen LogP) is 5.57. The Bertz CT molecular complexity index is 1130. The third-order valence-electron chi connectivity index (χ3n) is 4.90. The first-order chi connectivity index (χ1) is 17.0. The van der Waals surface area contributed by atoms with Crippen LogP contribution in [0, 0.1) is 0 Å². The van der Waals surface area contributed by atoms with Gasteiger partial charge >= 0.3 is 11.9 Å². The predicted molar refractivity (Wildman–Crippen MR) is 132 cm³/mol. The average Bonchev–Trinajstić information content (AvgIpc) is 2.89. The second kappa shape index (κ2) is 13.0. The van der Waals surface area contributed by atoms with Gasteiger partial charge in [0.2, 0.25) is 6.79 Å². The molecule has 0 unspecified atom stereocenters. The van der Waals surface area contributed by atoms with Gasteiger partial charge in [-0.25, -0.2) is 9.59 Å². The van der Waals surface area contributed by atoms with Crippen LogP contribution in [-0.4, -0.2) is 31.9 Å². The van der Waals surface area contributed by atoms with Crippen LogP contribution >= 0.6 is 0 Å². The highest BCUT2D eigenvalue weighted by molar-refractivity contribution is 5.91. The summed E-state index contributed by atoms with van der Waals surface area (Å²) in [5, 5.41) is 0. The normalized spacial score (nSPS) is 10.3. The van der Waals surface area contributed by atoms with Crippen LogP contribution in [0.15, 0.2) is 79.4 Å². The molecule has 0 aliphatic carbocycles. The summed E-state index contributed by atoms with van der Waals surface area (Å²) in [4.78, 5) is 23.7. The van der Waals surface area contributed by atoms with Gasteiger partial charge in [-0.15, -0.1) is 0 Å². The van der Waals surface area contributed by atoms with E-state index in [1.807, 2.05) is 38.1 Å². The van der Waals surface area contributed by atoms with E-state index in [-0.39, 0.29) is 6.79 Å². The number of ether oxygens (including phenoxy) is 5. The van der Waals surface area contributed by atoms with Crippen LogP contribution in [0.4, 0.5) is 0 Å². The molecule has 0 fully saturated rings. The monoisotopic (exact) mass is 476 g/mol. The van der Waals surface area contributed by atoms with Crippen LogP contribution in [0.5, 0.6) is 17.2 Å². The van der Waals surface area contributed by atoms with Gasteiger partial charge in [-0.1, -0.05) is 30.8 Å². The number of hydrogen-bond donors (Lipinski definition) is 0. The molecule has 0 atom stereocenters. The minimum atomic E-state index is -0.545. The molecule has 0 N–H and O–H groups in total. The van der Waals surface area contributed by atoms with Gasteiger partial charge in [-0.05, 0) is 67.4 Å². The van der Waals surface area contributed by atoms with Gasteiger partial charge in [0, 0.05) is 18.2 Å². The zero-order valence-electron chi connectivity index (χ0n) is 19.8. The lowest BCUT2D eigenvalue weighted by atomic mass is 10.1. The lowest BCUT2D eigenvalue weighted by Gasteiger charge is -2.12. The number of esters is 2. The highest BCUT2D eigenvalue weighted by Crippen LogP contribution is 2.26. The molecule has 0 aliphatic heterocycles. The molecule has 3 aromatic rings. The topological polar surface area (TPSA) is 80.3 Å². The third kappa shape index (κ3) is 7.45. The van der Waals surface area contributed by atoms with Gasteiger partial charge < -0.3 is 23.7 Å². The Hall–Kier alpha value is -4.10. The molecule has 0 bridgehead atoms. The molecule has 182 valence electrons. The molecule has 0 saturated heterocycles. The molecule has 0 spiro atoms. The summed E-state index contributed by atoms with van der Waals surface area (Å²) >= 11 is 0. The van der Waals surface area contributed by atoms with Crippen molar-refractivity contribution in [1.82, 2.24) is 0 Å². The Balaban J connectivity index is 1.62. The molecule has 0 saturated carbocycles. The molecular formula is C28H28O7. The number of benzene rings is 3. The SMILES string of the molecule is C=CC(=O)OCOc1ccc(-c2ccc(OC(=O)c3ccc(OCC)c(COCC)c3)cc2)cc1. The van der Waals surface area contributed by atoms with E-state index in [4.69, 9.17) is 23.7 Å². The van der Waals surface area contributed by atoms with Crippen molar-refractivity contribution in [2.75, 3.05) is 20.0 Å². The molecule has 3 rings (SSSR count). The van der Waals surface area contributed by atoms with Gasteiger partial charge in [-0.3, -0.25) is 0 Å². The molecular weight excluding hydrogens is 448 g/mol. The maximum absolute atomic E-state index is 12.7. The number of rotatable bonds is 12. The maximum atomic E-state index is 12.7. The van der Waals surface area contributed by atoms with Crippen molar-refractivity contribution in [3.63, 3.8) is 0 Å². The Morgan fingerprint density at radius 1 is 0.829 bits per heavy atom. The van der Waals surface area contributed by atoms with E-state index in [1.165, 1.54) is 0 Å². The van der Waals surface area contributed by atoms with Crippen molar-refractivity contribution in [3.8, 4) is 28.4 Å². The Morgan fingerprint density at radius 2 is 1.49 bits per heavy atom. The smallest absolute Gasteiger partial charge is 0.343 e. The molecule has 7 nitrogen and oxygen atoms in total. The van der Waals surface area contributed by atoms with Gasteiger partial charge in [0.1, 0.15) is 17.2 Å². The molecule has 35 heavy (non-hydrogen) atoms. The van der Waals surface area contributed by atoms with Gasteiger partial charge in [0.15, 0.2) is 0 Å². The van der Waals surface area contributed by atoms with Crippen LogP contribution in [0.2, 0.25) is 0 Å². The van der Waals surface area contributed by atoms with Crippen molar-refractivity contribution in [2.45, 2.75) is 20.5 Å². The third-order valence-corrected chi connectivity index (χ3v) is 4.90. The average molecular weight is 477 g/mol. The van der Waals surface area contributed by atoms with Crippen molar-refractivity contribution in [3.05, 3.63) is 90.5 Å². The lowest BCUT2D eigenvalue weighted by Crippen LogP contribution is -2.10. The second-order valence-corrected chi connectivity index (χ2v) is 7.26. The van der Waals surface area contributed by atoms with E-state index in [2.05, 4.69) is 6.58 Å². The highest BCUT2D eigenvalue weighted by Gasteiger charge is 2.13. The Labute approximate surface area is 204 Å². The summed E-state index contributed by atoms with van der Waals surface area (Å²) in [6.45, 7) is 8.39. The van der Waals surface area contributed by atoms with Crippen LogP contribution < -0.4 is 14.2 Å².